The minimum atomic E-state index is -0.152. The highest BCUT2D eigenvalue weighted by Crippen LogP contribution is 2.38. The molecule has 0 saturated carbocycles. The number of carbonyl (C=O) groups is 1. The van der Waals surface area contributed by atoms with Gasteiger partial charge in [-0.1, -0.05) is 6.42 Å². The van der Waals surface area contributed by atoms with Crippen LogP contribution in [0, 0.1) is 11.8 Å². The minimum Gasteiger partial charge on any atom is -0.350 e. The van der Waals surface area contributed by atoms with Gasteiger partial charge in [-0.25, -0.2) is 0 Å². The van der Waals surface area contributed by atoms with Crippen molar-refractivity contribution in [3.63, 3.8) is 0 Å². The molecule has 136 valence electrons. The number of aromatic nitrogens is 1. The van der Waals surface area contributed by atoms with E-state index in [1.54, 1.807) is 19.3 Å². The molecule has 3 aliphatic heterocycles. The number of nitrogens with one attached hydrogen (secondary N) is 2. The van der Waals surface area contributed by atoms with Crippen LogP contribution in [-0.4, -0.2) is 53.6 Å². The molecule has 0 aliphatic carbocycles. The van der Waals surface area contributed by atoms with Gasteiger partial charge in [0.05, 0.1) is 0 Å². The summed E-state index contributed by atoms with van der Waals surface area (Å²) in [6.45, 7) is 4.02. The summed E-state index contributed by atoms with van der Waals surface area (Å²) >= 11 is 0. The summed E-state index contributed by atoms with van der Waals surface area (Å²) in [4.78, 5) is 26.9. The van der Waals surface area contributed by atoms with E-state index in [0.717, 1.165) is 25.6 Å². The number of amides is 1. The zero-order chi connectivity index (χ0) is 17.4. The highest BCUT2D eigenvalue weighted by Gasteiger charge is 2.45. The monoisotopic (exact) mass is 344 g/mol. The summed E-state index contributed by atoms with van der Waals surface area (Å²) in [6, 6.07) is 4.20. The molecule has 0 radical (unpaired) electrons. The molecule has 0 spiro atoms. The fourth-order valence-corrected chi connectivity index (χ4v) is 5.04. The molecular weight excluding hydrogens is 316 g/mol. The number of fused-ring (bicyclic) bond motifs is 4. The molecule has 4 heterocycles. The Hall–Kier alpha value is -1.66. The third-order valence-corrected chi connectivity index (χ3v) is 6.36. The summed E-state index contributed by atoms with van der Waals surface area (Å²) < 4.78 is 1.48. The van der Waals surface area contributed by atoms with Gasteiger partial charge in [-0.05, 0) is 56.8 Å². The molecule has 0 aromatic carbocycles. The van der Waals surface area contributed by atoms with Gasteiger partial charge in [0.2, 0.25) is 0 Å². The second-order valence-electron chi connectivity index (χ2n) is 7.86. The van der Waals surface area contributed by atoms with E-state index in [2.05, 4.69) is 15.5 Å². The van der Waals surface area contributed by atoms with Gasteiger partial charge in [0.25, 0.3) is 11.5 Å². The molecule has 2 bridgehead atoms. The van der Waals surface area contributed by atoms with Gasteiger partial charge in [0.15, 0.2) is 0 Å². The lowest BCUT2D eigenvalue weighted by Gasteiger charge is -2.55. The molecule has 6 heteroatoms. The second kappa shape index (κ2) is 6.92. The molecule has 3 aliphatic rings. The number of pyridine rings is 1. The van der Waals surface area contributed by atoms with Gasteiger partial charge in [-0.2, -0.15) is 0 Å². The number of hydrogen-bond acceptors (Lipinski definition) is 4. The molecule has 25 heavy (non-hydrogen) atoms. The molecule has 4 atom stereocenters. The number of nitrogens with zero attached hydrogens (tertiary/aromatic N) is 2. The van der Waals surface area contributed by atoms with Crippen molar-refractivity contribution in [2.75, 3.05) is 26.2 Å². The highest BCUT2D eigenvalue weighted by atomic mass is 16.2. The van der Waals surface area contributed by atoms with Crippen molar-refractivity contribution in [1.82, 2.24) is 20.1 Å². The first kappa shape index (κ1) is 16.8. The number of aryl methyl sites for hydroxylation is 1. The first-order chi connectivity index (χ1) is 12.1. The topological polar surface area (TPSA) is 66.4 Å². The first-order valence-corrected chi connectivity index (χ1v) is 9.55. The Labute approximate surface area is 148 Å². The number of rotatable bonds is 3. The van der Waals surface area contributed by atoms with E-state index in [9.17, 15) is 9.59 Å². The largest absolute Gasteiger partial charge is 0.350 e. The lowest BCUT2D eigenvalue weighted by Crippen LogP contribution is -2.65. The Morgan fingerprint density at radius 3 is 3.00 bits per heavy atom. The number of piperidine rings is 3. The Balaban J connectivity index is 1.46. The maximum atomic E-state index is 12.5. The SMILES string of the molecule is Cn1ccc(C(=O)NC[C@H]2[C@@H]3CNC[C@@H](C3)[C@@H]3CCCCN32)cc1=O. The van der Waals surface area contributed by atoms with Gasteiger partial charge in [0.1, 0.15) is 0 Å². The fourth-order valence-electron chi connectivity index (χ4n) is 5.04. The average Bonchev–Trinajstić information content (AvgIpc) is 2.64. The van der Waals surface area contributed by atoms with Crippen LogP contribution >= 0.6 is 0 Å². The summed E-state index contributed by atoms with van der Waals surface area (Å²) in [5, 5.41) is 6.69. The van der Waals surface area contributed by atoms with Gasteiger partial charge in [-0.15, -0.1) is 0 Å². The molecule has 1 amide bonds. The van der Waals surface area contributed by atoms with E-state index >= 15 is 0 Å². The van der Waals surface area contributed by atoms with Crippen LogP contribution in [0.15, 0.2) is 23.1 Å². The molecule has 3 saturated heterocycles. The van der Waals surface area contributed by atoms with Crippen molar-refractivity contribution < 1.29 is 4.79 Å². The summed E-state index contributed by atoms with van der Waals surface area (Å²) in [6.07, 6.45) is 6.81. The third kappa shape index (κ3) is 3.25. The maximum Gasteiger partial charge on any atom is 0.251 e. The Kier molecular flexibility index (Phi) is 4.65. The zero-order valence-corrected chi connectivity index (χ0v) is 14.9. The van der Waals surface area contributed by atoms with Crippen LogP contribution in [0.2, 0.25) is 0 Å². The van der Waals surface area contributed by atoms with Crippen molar-refractivity contribution in [1.29, 1.82) is 0 Å². The number of hydrogen-bond donors (Lipinski definition) is 2. The summed E-state index contributed by atoms with van der Waals surface area (Å²) in [7, 11) is 1.69. The predicted octanol–water partition coefficient (Wildman–Crippen LogP) is 0.578. The molecule has 1 aromatic rings. The molecule has 1 aromatic heterocycles. The predicted molar refractivity (Wildman–Crippen MR) is 96.6 cm³/mol. The molecular formula is C19H28N4O2. The van der Waals surface area contributed by atoms with Crippen LogP contribution in [0.25, 0.3) is 0 Å². The molecule has 4 rings (SSSR count). The van der Waals surface area contributed by atoms with Crippen molar-refractivity contribution >= 4 is 5.91 Å². The lowest BCUT2D eigenvalue weighted by atomic mass is 9.73. The van der Waals surface area contributed by atoms with Gasteiger partial charge in [0, 0.05) is 43.5 Å². The summed E-state index contributed by atoms with van der Waals surface area (Å²) in [5.41, 5.74) is 0.300. The van der Waals surface area contributed by atoms with Gasteiger partial charge >= 0.3 is 0 Å². The Morgan fingerprint density at radius 2 is 2.16 bits per heavy atom. The van der Waals surface area contributed by atoms with Crippen LogP contribution in [0.5, 0.6) is 0 Å². The standard InChI is InChI=1S/C19H28N4O2/c1-22-7-5-13(9-18(22)24)19(25)21-12-17-15-8-14(10-20-11-15)16-4-2-3-6-23(16)17/h5,7,9,14-17,20H,2-4,6,8,10-12H2,1H3,(H,21,25)/t14-,15+,16+,17+/m1/s1. The van der Waals surface area contributed by atoms with Crippen molar-refractivity contribution in [2.45, 2.75) is 37.8 Å². The Morgan fingerprint density at radius 1 is 1.32 bits per heavy atom. The first-order valence-electron chi connectivity index (χ1n) is 9.55. The normalized spacial score (nSPS) is 32.0. The Bertz CT molecular complexity index is 701. The van der Waals surface area contributed by atoms with Crippen molar-refractivity contribution in [3.05, 3.63) is 34.2 Å². The molecule has 2 N–H and O–H groups in total. The van der Waals surface area contributed by atoms with Crippen LogP contribution < -0.4 is 16.2 Å². The summed E-state index contributed by atoms with van der Waals surface area (Å²) in [5.74, 6) is 1.23. The van der Waals surface area contributed by atoms with E-state index < -0.39 is 0 Å². The van der Waals surface area contributed by atoms with Crippen LogP contribution in [-0.2, 0) is 7.05 Å². The number of carbonyl (C=O) groups excluding carboxylic acids is 1. The van der Waals surface area contributed by atoms with Gasteiger partial charge in [-0.3, -0.25) is 14.5 Å². The minimum absolute atomic E-state index is 0.142. The average molecular weight is 344 g/mol. The smallest absolute Gasteiger partial charge is 0.251 e. The second-order valence-corrected chi connectivity index (χ2v) is 7.86. The van der Waals surface area contributed by atoms with E-state index in [-0.39, 0.29) is 11.5 Å². The fraction of sp³-hybridized carbons (Fsp3) is 0.684. The quantitative estimate of drug-likeness (QED) is 0.842. The van der Waals surface area contributed by atoms with Gasteiger partial charge < -0.3 is 15.2 Å². The van der Waals surface area contributed by atoms with Crippen LogP contribution in [0.3, 0.4) is 0 Å². The highest BCUT2D eigenvalue weighted by molar-refractivity contribution is 5.93. The van der Waals surface area contributed by atoms with E-state index in [1.807, 2.05) is 0 Å². The van der Waals surface area contributed by atoms with Crippen LogP contribution in [0.4, 0.5) is 0 Å². The molecule has 3 fully saturated rings. The van der Waals surface area contributed by atoms with E-state index in [0.29, 0.717) is 30.1 Å². The van der Waals surface area contributed by atoms with E-state index in [1.165, 1.54) is 36.3 Å². The molecule has 6 nitrogen and oxygen atoms in total. The van der Waals surface area contributed by atoms with Crippen molar-refractivity contribution in [2.24, 2.45) is 18.9 Å². The van der Waals surface area contributed by atoms with E-state index in [4.69, 9.17) is 0 Å². The zero-order valence-electron chi connectivity index (χ0n) is 14.9. The van der Waals surface area contributed by atoms with Crippen LogP contribution in [0.1, 0.15) is 36.0 Å². The lowest BCUT2D eigenvalue weighted by molar-refractivity contribution is -0.0371. The third-order valence-electron chi connectivity index (χ3n) is 6.36. The molecule has 0 unspecified atom stereocenters. The maximum absolute atomic E-state index is 12.5. The van der Waals surface area contributed by atoms with Crippen molar-refractivity contribution in [3.8, 4) is 0 Å².